The number of hydrogen-bond acceptors (Lipinski definition) is 2. The number of hydrogen-bond donors (Lipinski definition) is 1. The van der Waals surface area contributed by atoms with E-state index in [9.17, 15) is 4.79 Å². The second kappa shape index (κ2) is 7.85. The molecule has 29 heavy (non-hydrogen) atoms. The molecule has 3 aliphatic carbocycles. The Hall–Kier alpha value is -2.29. The predicted molar refractivity (Wildman–Crippen MR) is 118 cm³/mol. The maximum absolute atomic E-state index is 11.4. The molecule has 2 N–H and O–H groups in total. The van der Waals surface area contributed by atoms with Crippen LogP contribution in [0.5, 0.6) is 5.75 Å². The van der Waals surface area contributed by atoms with Crippen molar-refractivity contribution in [3.63, 3.8) is 0 Å². The van der Waals surface area contributed by atoms with E-state index in [-0.39, 0.29) is 0 Å². The molecule has 2 aromatic carbocycles. The minimum atomic E-state index is -0.403. The smallest absolute Gasteiger partial charge is 0.248 e. The lowest BCUT2D eigenvalue weighted by Crippen LogP contribution is -2.54. The van der Waals surface area contributed by atoms with Gasteiger partial charge in [-0.3, -0.25) is 4.79 Å². The predicted octanol–water partition coefficient (Wildman–Crippen LogP) is 5.93. The summed E-state index contributed by atoms with van der Waals surface area (Å²) < 4.78 is 5.99. The fraction of sp³-hybridized carbons (Fsp3) is 0.500. The van der Waals surface area contributed by atoms with E-state index in [2.05, 4.69) is 20.8 Å². The molecular formula is C26H33NO2. The lowest BCUT2D eigenvalue weighted by molar-refractivity contribution is -0.130. The van der Waals surface area contributed by atoms with Gasteiger partial charge in [0.25, 0.3) is 0 Å². The zero-order valence-electron chi connectivity index (χ0n) is 17.9. The van der Waals surface area contributed by atoms with E-state index >= 15 is 0 Å². The molecule has 3 aliphatic rings. The van der Waals surface area contributed by atoms with Crippen LogP contribution >= 0.6 is 0 Å². The van der Waals surface area contributed by atoms with Gasteiger partial charge >= 0.3 is 0 Å². The second-order valence-corrected chi connectivity index (χ2v) is 9.68. The van der Waals surface area contributed by atoms with E-state index in [0.29, 0.717) is 11.0 Å². The van der Waals surface area contributed by atoms with E-state index in [1.165, 1.54) is 19.3 Å². The quantitative estimate of drug-likeness (QED) is 0.595. The van der Waals surface area contributed by atoms with Gasteiger partial charge in [-0.05, 0) is 90.2 Å². The summed E-state index contributed by atoms with van der Waals surface area (Å²) in [6.07, 6.45) is 5.26. The molecule has 2 aromatic rings. The van der Waals surface area contributed by atoms with Gasteiger partial charge in [0.1, 0.15) is 5.75 Å². The molecule has 154 valence electrons. The number of nitrogens with two attached hydrogens (primary N) is 1. The molecule has 0 saturated heterocycles. The van der Waals surface area contributed by atoms with Crippen molar-refractivity contribution < 1.29 is 9.53 Å². The van der Waals surface area contributed by atoms with Crippen LogP contribution in [0.15, 0.2) is 48.5 Å². The minimum absolute atomic E-state index is 0.403. The topological polar surface area (TPSA) is 52.3 Å². The van der Waals surface area contributed by atoms with Gasteiger partial charge in [-0.2, -0.15) is 0 Å². The average molecular weight is 392 g/mol. The fourth-order valence-corrected chi connectivity index (χ4v) is 5.77. The number of amides is 1. The van der Waals surface area contributed by atoms with Gasteiger partial charge in [-0.15, -0.1) is 0 Å². The first-order chi connectivity index (χ1) is 13.9. The van der Waals surface area contributed by atoms with E-state index < -0.39 is 5.91 Å². The first-order valence-electron chi connectivity index (χ1n) is 11.0. The van der Waals surface area contributed by atoms with Gasteiger partial charge in [-0.1, -0.05) is 45.0 Å². The molecule has 2 bridgehead atoms. The lowest BCUT2D eigenvalue weighted by atomic mass is 9.43. The van der Waals surface area contributed by atoms with Crippen LogP contribution in [0.1, 0.15) is 56.8 Å². The molecule has 0 aliphatic heterocycles. The lowest BCUT2D eigenvalue weighted by Gasteiger charge is -2.62. The van der Waals surface area contributed by atoms with Crippen molar-refractivity contribution in [2.75, 3.05) is 6.61 Å². The van der Waals surface area contributed by atoms with Crippen molar-refractivity contribution in [3.05, 3.63) is 54.1 Å². The summed E-state index contributed by atoms with van der Waals surface area (Å²) in [6.45, 7) is 8.18. The van der Waals surface area contributed by atoms with Crippen molar-refractivity contribution in [1.82, 2.24) is 0 Å². The number of primary amides is 1. The van der Waals surface area contributed by atoms with Gasteiger partial charge in [0.05, 0.1) is 6.61 Å². The van der Waals surface area contributed by atoms with Crippen LogP contribution in [0.4, 0.5) is 0 Å². The Balaban J connectivity index is 1.26. The summed E-state index contributed by atoms with van der Waals surface area (Å²) in [7, 11) is 0. The molecule has 3 fully saturated rings. The third-order valence-electron chi connectivity index (χ3n) is 7.83. The molecule has 4 atom stereocenters. The SMILES string of the molecule is C[C@H]1[C@H](CCCOc2ccc(-c3cccc(C(N)=O)c3)cc2)C[C@H]2C[C@@H]1C2(C)C. The molecule has 5 rings (SSSR count). The van der Waals surface area contributed by atoms with Gasteiger partial charge in [0, 0.05) is 5.56 Å². The molecule has 0 unspecified atom stereocenters. The molecule has 1 amide bonds. The summed E-state index contributed by atoms with van der Waals surface area (Å²) in [4.78, 5) is 11.4. The fourth-order valence-electron chi connectivity index (χ4n) is 5.77. The molecule has 3 heteroatoms. The van der Waals surface area contributed by atoms with E-state index in [0.717, 1.165) is 53.6 Å². The Bertz CT molecular complexity index is 871. The molecule has 3 nitrogen and oxygen atoms in total. The van der Waals surface area contributed by atoms with Gasteiger partial charge < -0.3 is 10.5 Å². The zero-order valence-corrected chi connectivity index (χ0v) is 17.9. The summed E-state index contributed by atoms with van der Waals surface area (Å²) in [6, 6.07) is 15.5. The van der Waals surface area contributed by atoms with Crippen LogP contribution in [0, 0.1) is 29.1 Å². The number of carbonyl (C=O) groups excluding carboxylic acids is 1. The van der Waals surface area contributed by atoms with Gasteiger partial charge in [-0.25, -0.2) is 0 Å². The molecule has 0 aromatic heterocycles. The third-order valence-corrected chi connectivity index (χ3v) is 7.83. The molecule has 3 saturated carbocycles. The molecular weight excluding hydrogens is 358 g/mol. The third kappa shape index (κ3) is 3.92. The summed E-state index contributed by atoms with van der Waals surface area (Å²) in [5.74, 6) is 4.09. The Kier molecular flexibility index (Phi) is 5.42. The van der Waals surface area contributed by atoms with Crippen LogP contribution in [-0.2, 0) is 0 Å². The number of rotatable bonds is 7. The first-order valence-corrected chi connectivity index (χ1v) is 11.0. The minimum Gasteiger partial charge on any atom is -0.494 e. The van der Waals surface area contributed by atoms with Crippen molar-refractivity contribution in [2.24, 2.45) is 34.8 Å². The Morgan fingerprint density at radius 1 is 1.10 bits per heavy atom. The Labute approximate surface area is 174 Å². The maximum atomic E-state index is 11.4. The standard InChI is InChI=1S/C26H33NO2/c1-17-19(15-22-16-24(17)26(22,2)3)8-5-13-29-23-11-9-18(10-12-23)20-6-4-7-21(14-20)25(27)28/h4,6-7,9-12,14,17,19,22,24H,5,8,13,15-16H2,1-3H3,(H2,27,28)/t17-,19+,22-,24-/m0/s1. The summed E-state index contributed by atoms with van der Waals surface area (Å²) >= 11 is 0. The van der Waals surface area contributed by atoms with Crippen LogP contribution in [0.3, 0.4) is 0 Å². The highest BCUT2D eigenvalue weighted by Crippen LogP contribution is 2.63. The highest BCUT2D eigenvalue weighted by atomic mass is 16.5. The normalized spacial score (nSPS) is 27.1. The van der Waals surface area contributed by atoms with Gasteiger partial charge in [0.2, 0.25) is 5.91 Å². The molecule has 0 heterocycles. The van der Waals surface area contributed by atoms with E-state index in [1.54, 1.807) is 6.07 Å². The van der Waals surface area contributed by atoms with E-state index in [4.69, 9.17) is 10.5 Å². The highest BCUT2D eigenvalue weighted by Gasteiger charge is 2.55. The average Bonchev–Trinajstić information content (AvgIpc) is 2.72. The van der Waals surface area contributed by atoms with Crippen molar-refractivity contribution in [1.29, 1.82) is 0 Å². The van der Waals surface area contributed by atoms with Crippen LogP contribution < -0.4 is 10.5 Å². The first kappa shape index (κ1) is 20.0. The Morgan fingerprint density at radius 3 is 2.52 bits per heavy atom. The van der Waals surface area contributed by atoms with Crippen molar-refractivity contribution >= 4 is 5.91 Å². The molecule has 0 radical (unpaired) electrons. The second-order valence-electron chi connectivity index (χ2n) is 9.68. The van der Waals surface area contributed by atoms with E-state index in [1.807, 2.05) is 42.5 Å². The van der Waals surface area contributed by atoms with Gasteiger partial charge in [0.15, 0.2) is 0 Å². The highest BCUT2D eigenvalue weighted by molar-refractivity contribution is 5.94. The zero-order chi connectivity index (χ0) is 20.6. The molecule has 0 spiro atoms. The number of ether oxygens (including phenoxy) is 1. The van der Waals surface area contributed by atoms with Crippen LogP contribution in [-0.4, -0.2) is 12.5 Å². The largest absolute Gasteiger partial charge is 0.494 e. The van der Waals surface area contributed by atoms with Crippen molar-refractivity contribution in [2.45, 2.75) is 46.5 Å². The van der Waals surface area contributed by atoms with Crippen LogP contribution in [0.25, 0.3) is 11.1 Å². The van der Waals surface area contributed by atoms with Crippen LogP contribution in [0.2, 0.25) is 0 Å². The van der Waals surface area contributed by atoms with Crippen molar-refractivity contribution in [3.8, 4) is 16.9 Å². The summed E-state index contributed by atoms with van der Waals surface area (Å²) in [5, 5.41) is 0. The monoisotopic (exact) mass is 391 g/mol. The Morgan fingerprint density at radius 2 is 1.86 bits per heavy atom. The summed E-state index contributed by atoms with van der Waals surface area (Å²) in [5.41, 5.74) is 8.52. The number of benzene rings is 2. The number of carbonyl (C=O) groups is 1. The number of fused-ring (bicyclic) bond motifs is 2. The maximum Gasteiger partial charge on any atom is 0.248 e.